The van der Waals surface area contributed by atoms with Gasteiger partial charge in [-0.3, -0.25) is 28.9 Å². The number of hydrogen-bond acceptors (Lipinski definition) is 10. The molecule has 2 fully saturated rings. The number of hydrogen-bond donors (Lipinski definition) is 3. The Morgan fingerprint density at radius 2 is 1.75 bits per heavy atom. The van der Waals surface area contributed by atoms with Crippen molar-refractivity contribution in [1.29, 1.82) is 0 Å². The number of imide groups is 1. The number of urea groups is 1. The van der Waals surface area contributed by atoms with Crippen LogP contribution in [0.2, 0.25) is 0 Å². The Kier molecular flexibility index (Phi) is 12.0. The third kappa shape index (κ3) is 7.73. The summed E-state index contributed by atoms with van der Waals surface area (Å²) in [6, 6.07) is 3.93. The van der Waals surface area contributed by atoms with E-state index in [0.717, 1.165) is 11.8 Å². The van der Waals surface area contributed by atoms with Crippen molar-refractivity contribution in [2.24, 2.45) is 0 Å². The normalized spacial score (nSPS) is 19.8. The van der Waals surface area contributed by atoms with Crippen LogP contribution in [0, 0.1) is 0 Å². The summed E-state index contributed by atoms with van der Waals surface area (Å²) < 4.78 is 34.9. The molecule has 1 unspecified atom stereocenters. The first-order valence-corrected chi connectivity index (χ1v) is 14.2. The Balaban J connectivity index is 0.00000560. The Hall–Kier alpha value is -2.70. The summed E-state index contributed by atoms with van der Waals surface area (Å²) in [6.07, 6.45) is 0. The predicted octanol–water partition coefficient (Wildman–Crippen LogP) is -4.89. The number of benzene rings is 1. The topological polar surface area (TPSA) is 205 Å². The van der Waals surface area contributed by atoms with Crippen molar-refractivity contribution in [3.8, 4) is 0 Å². The molecule has 212 valence electrons. The third-order valence-electron chi connectivity index (χ3n) is 5.90. The Morgan fingerprint density at radius 3 is 2.33 bits per heavy atom. The van der Waals surface area contributed by atoms with Gasteiger partial charge in [0.1, 0.15) is 17.5 Å². The molecule has 3 N–H and O–H groups in total. The van der Waals surface area contributed by atoms with Gasteiger partial charge in [0.2, 0.25) is 11.8 Å². The van der Waals surface area contributed by atoms with Crippen molar-refractivity contribution in [1.82, 2.24) is 30.1 Å². The van der Waals surface area contributed by atoms with E-state index in [-0.39, 0.29) is 77.3 Å². The second-order valence-corrected chi connectivity index (χ2v) is 10.9. The first-order chi connectivity index (χ1) is 18.4. The number of piperazine rings is 1. The molecule has 3 atom stereocenters. The zero-order valence-electron chi connectivity index (χ0n) is 22.0. The first kappa shape index (κ1) is 33.5. The van der Waals surface area contributed by atoms with E-state index in [4.69, 9.17) is 0 Å². The average molecular weight is 607 g/mol. The fourth-order valence-corrected chi connectivity index (χ4v) is 6.22. The van der Waals surface area contributed by atoms with Gasteiger partial charge in [-0.25, -0.2) is 17.5 Å². The number of likely N-dealkylation sites (N-methyl/N-ethyl adjacent to an activating group) is 1. The molecule has 18 heteroatoms. The minimum atomic E-state index is -5.19. The van der Waals surface area contributed by atoms with E-state index < -0.39 is 57.4 Å². The maximum absolute atomic E-state index is 13.3. The van der Waals surface area contributed by atoms with Gasteiger partial charge in [-0.05, 0) is 12.5 Å². The van der Waals surface area contributed by atoms with Crippen LogP contribution >= 0.6 is 11.8 Å². The van der Waals surface area contributed by atoms with Crippen molar-refractivity contribution in [3.05, 3.63) is 35.9 Å². The fourth-order valence-electron chi connectivity index (χ4n) is 3.93. The van der Waals surface area contributed by atoms with Crippen LogP contribution in [0.4, 0.5) is 4.79 Å². The smallest absolute Gasteiger partial charge is 0.731 e. The quantitative estimate of drug-likeness (QED) is 0.0761. The minimum Gasteiger partial charge on any atom is -0.731 e. The first-order valence-electron chi connectivity index (χ1n) is 11.8. The van der Waals surface area contributed by atoms with Crippen LogP contribution < -0.4 is 45.5 Å². The van der Waals surface area contributed by atoms with E-state index in [1.807, 2.05) is 0 Å². The molecule has 0 bridgehead atoms. The second kappa shape index (κ2) is 14.3. The molecule has 0 radical (unpaired) electrons. The number of carbonyl (C=O) groups is 6. The molecule has 0 saturated carbocycles. The molecule has 1 aromatic rings. The van der Waals surface area contributed by atoms with E-state index in [2.05, 4.69) is 16.0 Å². The van der Waals surface area contributed by atoms with E-state index in [1.54, 1.807) is 25.1 Å². The SMILES string of the molecule is CCN1CCN(C(=O)NC(C(=O)N[C@@H]2C(=O)N(S(=O)(=O)[O-])[C@@H]2SCCNC(C)=O)c2ccccc2)C(=O)C1=O.[Na+]. The molecule has 15 nitrogen and oxygen atoms in total. The number of nitrogens with one attached hydrogen (secondary N) is 3. The molecule has 3 rings (SSSR count). The molecular formula is C22H27N6NaO9S2. The Bertz CT molecular complexity index is 1270. The van der Waals surface area contributed by atoms with Crippen LogP contribution in [0.3, 0.4) is 0 Å². The number of amides is 7. The van der Waals surface area contributed by atoms with Gasteiger partial charge in [0, 0.05) is 38.9 Å². The summed E-state index contributed by atoms with van der Waals surface area (Å²) in [4.78, 5) is 76.5. The van der Waals surface area contributed by atoms with Crippen LogP contribution in [0.15, 0.2) is 30.3 Å². The fraction of sp³-hybridized carbons (Fsp3) is 0.455. The summed E-state index contributed by atoms with van der Waals surface area (Å²) in [6.45, 7) is 3.37. The molecule has 2 aliphatic rings. The maximum atomic E-state index is 13.3. The van der Waals surface area contributed by atoms with Crippen LogP contribution in [0.1, 0.15) is 25.5 Å². The molecule has 0 aliphatic carbocycles. The van der Waals surface area contributed by atoms with E-state index >= 15 is 0 Å². The van der Waals surface area contributed by atoms with Crippen molar-refractivity contribution in [3.63, 3.8) is 0 Å². The van der Waals surface area contributed by atoms with E-state index in [1.165, 1.54) is 24.0 Å². The van der Waals surface area contributed by atoms with Gasteiger partial charge in [-0.2, -0.15) is 0 Å². The number of β-lactam (4-membered cyclic amide) rings is 1. The third-order valence-corrected chi connectivity index (χ3v) is 8.19. The summed E-state index contributed by atoms with van der Waals surface area (Å²) in [7, 11) is -5.19. The van der Waals surface area contributed by atoms with Gasteiger partial charge in [0.05, 0.1) is 0 Å². The Labute approximate surface area is 256 Å². The standard InChI is InChI=1S/C22H28N6O9S2.Na/c1-3-26-10-11-27(20(33)19(26)32)22(34)25-15(14-7-5-4-6-8-14)17(30)24-16-18(31)28(39(35,36)37)21(16)38-12-9-23-13(2)29;/h4-8,15-16,21H,3,9-12H2,1-2H3,(H,23,29)(H,24,30)(H,25,34)(H,35,36,37);/q;+1/p-1/t15?,16-,21-;/m1./s1. The summed E-state index contributed by atoms with van der Waals surface area (Å²) >= 11 is 0.855. The maximum Gasteiger partial charge on any atom is 1.00 e. The zero-order chi connectivity index (χ0) is 28.9. The zero-order valence-corrected chi connectivity index (χ0v) is 25.6. The van der Waals surface area contributed by atoms with Gasteiger partial charge in [0.15, 0.2) is 10.3 Å². The van der Waals surface area contributed by atoms with Crippen LogP contribution in [-0.4, -0.2) is 106 Å². The van der Waals surface area contributed by atoms with Crippen molar-refractivity contribution in [2.75, 3.05) is 31.9 Å². The summed E-state index contributed by atoms with van der Waals surface area (Å²) in [5, 5.41) is 5.98. The van der Waals surface area contributed by atoms with E-state index in [9.17, 15) is 41.7 Å². The molecule has 1 aromatic carbocycles. The number of rotatable bonds is 10. The van der Waals surface area contributed by atoms with Crippen LogP contribution in [0.5, 0.6) is 0 Å². The summed E-state index contributed by atoms with van der Waals surface area (Å²) in [5.41, 5.74) is 0.268. The molecular weight excluding hydrogens is 579 g/mol. The van der Waals surface area contributed by atoms with Gasteiger partial charge in [0.25, 0.3) is 5.91 Å². The molecule has 7 amide bonds. The molecule has 2 heterocycles. The predicted molar refractivity (Wildman–Crippen MR) is 135 cm³/mol. The molecule has 0 aromatic heterocycles. The van der Waals surface area contributed by atoms with Gasteiger partial charge >= 0.3 is 47.4 Å². The number of thioether (sulfide) groups is 1. The average Bonchev–Trinajstić information content (AvgIpc) is 2.88. The largest absolute Gasteiger partial charge is 1.00 e. The van der Waals surface area contributed by atoms with Crippen molar-refractivity contribution < 1.29 is 71.3 Å². The molecule has 40 heavy (non-hydrogen) atoms. The van der Waals surface area contributed by atoms with E-state index in [0.29, 0.717) is 4.90 Å². The van der Waals surface area contributed by atoms with Crippen LogP contribution in [0.25, 0.3) is 0 Å². The van der Waals surface area contributed by atoms with Crippen molar-refractivity contribution >= 4 is 57.6 Å². The molecule has 0 spiro atoms. The minimum absolute atomic E-state index is 0. The second-order valence-electron chi connectivity index (χ2n) is 8.46. The van der Waals surface area contributed by atoms with Gasteiger partial charge < -0.3 is 25.4 Å². The van der Waals surface area contributed by atoms with Crippen LogP contribution in [-0.2, 0) is 34.3 Å². The van der Waals surface area contributed by atoms with Gasteiger partial charge in [-0.1, -0.05) is 30.3 Å². The number of nitrogens with zero attached hydrogens (tertiary/aromatic N) is 3. The van der Waals surface area contributed by atoms with Gasteiger partial charge in [-0.15, -0.1) is 11.8 Å². The summed E-state index contributed by atoms with van der Waals surface area (Å²) in [5.74, 6) is -4.23. The van der Waals surface area contributed by atoms with Crippen molar-refractivity contribution in [2.45, 2.75) is 31.3 Å². The molecule has 2 saturated heterocycles. The monoisotopic (exact) mass is 606 g/mol. The number of carbonyl (C=O) groups excluding carboxylic acids is 6. The Morgan fingerprint density at radius 1 is 1.10 bits per heavy atom. The molecule has 2 aliphatic heterocycles.